The number of aromatic nitrogens is 2. The van der Waals surface area contributed by atoms with E-state index >= 15 is 0 Å². The molecule has 0 aliphatic carbocycles. The maximum atomic E-state index is 13.0. The fourth-order valence-electron chi connectivity index (χ4n) is 5.00. The monoisotopic (exact) mass is 446 g/mol. The number of pyridine rings is 1. The number of rotatable bonds is 5. The third kappa shape index (κ3) is 3.61. The fraction of sp³-hybridized carbons (Fsp3) is 0.385. The van der Waals surface area contributed by atoms with E-state index in [4.69, 9.17) is 0 Å². The van der Waals surface area contributed by atoms with E-state index < -0.39 is 0 Å². The second-order valence-electron chi connectivity index (χ2n) is 9.29. The molecule has 1 aromatic carbocycles. The van der Waals surface area contributed by atoms with Crippen LogP contribution in [0.25, 0.3) is 21.1 Å². The predicted octanol–water partition coefficient (Wildman–Crippen LogP) is 5.52. The predicted molar refractivity (Wildman–Crippen MR) is 133 cm³/mol. The molecule has 1 amide bonds. The van der Waals surface area contributed by atoms with Gasteiger partial charge in [0.2, 0.25) is 0 Å². The lowest BCUT2D eigenvalue weighted by molar-refractivity contribution is 0.0831. The topological polar surface area (TPSA) is 41.4 Å². The van der Waals surface area contributed by atoms with Gasteiger partial charge >= 0.3 is 0 Å². The van der Waals surface area contributed by atoms with Crippen LogP contribution in [0.3, 0.4) is 0 Å². The molecular weight excluding hydrogens is 416 g/mol. The molecule has 4 aromatic rings. The van der Waals surface area contributed by atoms with Gasteiger partial charge in [-0.05, 0) is 50.1 Å². The van der Waals surface area contributed by atoms with E-state index in [1.165, 1.54) is 33.4 Å². The van der Waals surface area contributed by atoms with Crippen molar-refractivity contribution in [2.75, 3.05) is 27.2 Å². The molecule has 32 heavy (non-hydrogen) atoms. The van der Waals surface area contributed by atoms with Crippen molar-refractivity contribution in [1.29, 1.82) is 0 Å². The number of carbonyl (C=O) groups excluding carboxylic acids is 1. The van der Waals surface area contributed by atoms with E-state index in [-0.39, 0.29) is 5.91 Å². The van der Waals surface area contributed by atoms with Crippen LogP contribution < -0.4 is 0 Å². The maximum Gasteiger partial charge on any atom is 0.263 e. The summed E-state index contributed by atoms with van der Waals surface area (Å²) in [6, 6.07) is 13.3. The number of carbonyl (C=O) groups is 1. The molecule has 6 heteroatoms. The summed E-state index contributed by atoms with van der Waals surface area (Å²) >= 11 is 1.54. The molecule has 1 saturated heterocycles. The molecule has 1 atom stereocenters. The Morgan fingerprint density at radius 3 is 2.75 bits per heavy atom. The summed E-state index contributed by atoms with van der Waals surface area (Å²) in [6.07, 6.45) is 5.21. The number of para-hydroxylation sites is 1. The second kappa shape index (κ2) is 8.34. The lowest BCUT2D eigenvalue weighted by Gasteiger charge is -2.17. The van der Waals surface area contributed by atoms with Crippen molar-refractivity contribution >= 4 is 38.4 Å². The lowest BCUT2D eigenvalue weighted by Crippen LogP contribution is -2.23. The summed E-state index contributed by atoms with van der Waals surface area (Å²) in [6.45, 7) is 7.42. The zero-order valence-corrected chi connectivity index (χ0v) is 20.0. The summed E-state index contributed by atoms with van der Waals surface area (Å²) in [5.74, 6) is 0.437. The van der Waals surface area contributed by atoms with E-state index in [1.54, 1.807) is 4.90 Å². The number of likely N-dealkylation sites (tertiary alicyclic amines) is 1. The minimum absolute atomic E-state index is 0.0847. The fourth-order valence-corrected chi connectivity index (χ4v) is 6.25. The van der Waals surface area contributed by atoms with Crippen LogP contribution in [0.1, 0.15) is 53.0 Å². The van der Waals surface area contributed by atoms with Crippen LogP contribution >= 0.6 is 11.3 Å². The van der Waals surface area contributed by atoms with E-state index in [9.17, 15) is 4.79 Å². The first-order valence-corrected chi connectivity index (χ1v) is 12.2. The van der Waals surface area contributed by atoms with Crippen molar-refractivity contribution in [2.45, 2.75) is 38.8 Å². The molecule has 4 heterocycles. The van der Waals surface area contributed by atoms with Gasteiger partial charge in [-0.2, -0.15) is 0 Å². The number of hydrogen-bond acceptors (Lipinski definition) is 4. The zero-order valence-electron chi connectivity index (χ0n) is 19.2. The third-order valence-electron chi connectivity index (χ3n) is 6.56. The Morgan fingerprint density at radius 2 is 1.97 bits per heavy atom. The van der Waals surface area contributed by atoms with Gasteiger partial charge in [0.05, 0.1) is 4.88 Å². The Morgan fingerprint density at radius 1 is 1.19 bits per heavy atom. The van der Waals surface area contributed by atoms with Crippen LogP contribution in [0.5, 0.6) is 0 Å². The van der Waals surface area contributed by atoms with Gasteiger partial charge in [0.25, 0.3) is 5.91 Å². The standard InChI is InChI=1S/C26H30N4OS/c1-17(2)30-16-19(20-8-5-6-10-22(20)30)15-29-13-11-18(14-29)23-21-9-7-12-27-25(21)32-24(23)26(31)28(3)4/h5-10,12,16-18H,11,13-15H2,1-4H3/t18-/m0/s1. The average Bonchev–Trinajstić information content (AvgIpc) is 3.48. The van der Waals surface area contributed by atoms with E-state index in [0.29, 0.717) is 12.0 Å². The normalized spacial score (nSPS) is 17.1. The summed E-state index contributed by atoms with van der Waals surface area (Å²) in [4.78, 5) is 23.6. The highest BCUT2D eigenvalue weighted by molar-refractivity contribution is 7.20. The molecule has 166 valence electrons. The summed E-state index contributed by atoms with van der Waals surface area (Å²) in [5.41, 5.74) is 3.89. The quantitative estimate of drug-likeness (QED) is 0.405. The lowest BCUT2D eigenvalue weighted by atomic mass is 9.95. The average molecular weight is 447 g/mol. The summed E-state index contributed by atoms with van der Waals surface area (Å²) in [5, 5.41) is 2.49. The summed E-state index contributed by atoms with van der Waals surface area (Å²) in [7, 11) is 3.66. The van der Waals surface area contributed by atoms with Gasteiger partial charge in [0.1, 0.15) is 4.83 Å². The molecule has 3 aromatic heterocycles. The van der Waals surface area contributed by atoms with Gasteiger partial charge in [-0.15, -0.1) is 11.3 Å². The smallest absolute Gasteiger partial charge is 0.263 e. The van der Waals surface area contributed by atoms with Crippen molar-refractivity contribution in [2.24, 2.45) is 0 Å². The number of benzene rings is 1. The zero-order chi connectivity index (χ0) is 22.4. The van der Waals surface area contributed by atoms with Crippen LogP contribution in [0.15, 0.2) is 48.8 Å². The molecule has 0 saturated carbocycles. The SMILES string of the molecule is CC(C)n1cc(CN2CC[C@H](c3c(C(=O)N(C)C)sc4ncccc34)C2)c2ccccc21. The molecule has 0 radical (unpaired) electrons. The van der Waals surface area contributed by atoms with E-state index in [2.05, 4.69) is 64.8 Å². The maximum absolute atomic E-state index is 13.0. The Labute approximate surface area is 193 Å². The first-order valence-electron chi connectivity index (χ1n) is 11.3. The van der Waals surface area contributed by atoms with Crippen LogP contribution in [0.4, 0.5) is 0 Å². The van der Waals surface area contributed by atoms with Gasteiger partial charge in [-0.25, -0.2) is 4.98 Å². The molecule has 0 spiro atoms. The Hall–Kier alpha value is -2.70. The van der Waals surface area contributed by atoms with Crippen molar-refractivity contribution < 1.29 is 4.79 Å². The number of nitrogens with zero attached hydrogens (tertiary/aromatic N) is 4. The number of fused-ring (bicyclic) bond motifs is 2. The minimum Gasteiger partial charge on any atom is -0.345 e. The van der Waals surface area contributed by atoms with Crippen LogP contribution in [0, 0.1) is 0 Å². The molecule has 1 fully saturated rings. The van der Waals surface area contributed by atoms with E-state index in [1.807, 2.05) is 26.4 Å². The largest absolute Gasteiger partial charge is 0.345 e. The highest BCUT2D eigenvalue weighted by atomic mass is 32.1. The van der Waals surface area contributed by atoms with Crippen molar-refractivity contribution in [3.05, 3.63) is 64.8 Å². The third-order valence-corrected chi connectivity index (χ3v) is 7.68. The van der Waals surface area contributed by atoms with Gasteiger partial charge < -0.3 is 9.47 Å². The Kier molecular flexibility index (Phi) is 5.51. The van der Waals surface area contributed by atoms with Gasteiger partial charge in [-0.1, -0.05) is 24.3 Å². The molecular formula is C26H30N4OS. The van der Waals surface area contributed by atoms with Gasteiger partial charge in [0, 0.05) is 67.8 Å². The Balaban J connectivity index is 1.45. The second-order valence-corrected chi connectivity index (χ2v) is 10.3. The summed E-state index contributed by atoms with van der Waals surface area (Å²) < 4.78 is 2.38. The van der Waals surface area contributed by atoms with Crippen LogP contribution in [0.2, 0.25) is 0 Å². The molecule has 1 aliphatic rings. The number of amides is 1. The molecule has 1 aliphatic heterocycles. The number of hydrogen-bond donors (Lipinski definition) is 0. The van der Waals surface area contributed by atoms with Crippen molar-refractivity contribution in [1.82, 2.24) is 19.4 Å². The van der Waals surface area contributed by atoms with Crippen LogP contribution in [-0.2, 0) is 6.54 Å². The first-order chi connectivity index (χ1) is 15.4. The minimum atomic E-state index is 0.0847. The van der Waals surface area contributed by atoms with Crippen LogP contribution in [-0.4, -0.2) is 52.4 Å². The highest BCUT2D eigenvalue weighted by Gasteiger charge is 2.31. The van der Waals surface area contributed by atoms with Gasteiger partial charge in [0.15, 0.2) is 0 Å². The molecule has 5 nitrogen and oxygen atoms in total. The van der Waals surface area contributed by atoms with Gasteiger partial charge in [-0.3, -0.25) is 9.69 Å². The molecule has 0 N–H and O–H groups in total. The molecule has 0 unspecified atom stereocenters. The number of thiophene rings is 1. The molecule has 5 rings (SSSR count). The molecule has 0 bridgehead atoms. The highest BCUT2D eigenvalue weighted by Crippen LogP contribution is 2.40. The van der Waals surface area contributed by atoms with E-state index in [0.717, 1.165) is 41.1 Å². The first kappa shape index (κ1) is 21.2. The Bertz CT molecular complexity index is 1290. The van der Waals surface area contributed by atoms with Crippen molar-refractivity contribution in [3.8, 4) is 0 Å². The van der Waals surface area contributed by atoms with Crippen molar-refractivity contribution in [3.63, 3.8) is 0 Å².